The molecule has 1 saturated carbocycles. The number of nitrogens with one attached hydrogen (secondary N) is 2. The van der Waals surface area contributed by atoms with Crippen molar-refractivity contribution in [1.82, 2.24) is 4.98 Å². The van der Waals surface area contributed by atoms with Crippen molar-refractivity contribution in [3.05, 3.63) is 48.0 Å². The third-order valence-electron chi connectivity index (χ3n) is 5.27. The van der Waals surface area contributed by atoms with Crippen molar-refractivity contribution in [1.29, 1.82) is 0 Å². The van der Waals surface area contributed by atoms with E-state index in [4.69, 9.17) is 0 Å². The van der Waals surface area contributed by atoms with Crippen molar-refractivity contribution in [3.63, 3.8) is 0 Å². The zero-order valence-corrected chi connectivity index (χ0v) is 18.6. The SMILES string of the molecule is Cc1ccc(NC(=O)CSc2nc3ccc(NC(=O)C4CCCCC4)cc3s2)cc1. The number of amides is 2. The zero-order chi connectivity index (χ0) is 20.9. The van der Waals surface area contributed by atoms with Crippen molar-refractivity contribution in [3.8, 4) is 0 Å². The smallest absolute Gasteiger partial charge is 0.234 e. The summed E-state index contributed by atoms with van der Waals surface area (Å²) in [4.78, 5) is 29.3. The highest BCUT2D eigenvalue weighted by Crippen LogP contribution is 2.32. The number of thiazole rings is 1. The first-order valence-electron chi connectivity index (χ1n) is 10.3. The van der Waals surface area contributed by atoms with E-state index in [0.29, 0.717) is 5.75 Å². The Bertz CT molecular complexity index is 1040. The maximum absolute atomic E-state index is 12.5. The van der Waals surface area contributed by atoms with Crippen LogP contribution in [0.5, 0.6) is 0 Å². The van der Waals surface area contributed by atoms with Gasteiger partial charge in [-0.1, -0.05) is 48.7 Å². The van der Waals surface area contributed by atoms with Crippen molar-refractivity contribution < 1.29 is 9.59 Å². The second-order valence-electron chi connectivity index (χ2n) is 7.69. The Morgan fingerprint density at radius 3 is 2.53 bits per heavy atom. The van der Waals surface area contributed by atoms with Crippen molar-refractivity contribution >= 4 is 56.5 Å². The second-order valence-corrected chi connectivity index (χ2v) is 9.94. The first-order chi connectivity index (χ1) is 14.6. The minimum absolute atomic E-state index is 0.0523. The predicted molar refractivity (Wildman–Crippen MR) is 125 cm³/mol. The number of aromatic nitrogens is 1. The average Bonchev–Trinajstić information content (AvgIpc) is 3.17. The molecule has 1 fully saturated rings. The van der Waals surface area contributed by atoms with Gasteiger partial charge in [-0.3, -0.25) is 9.59 Å². The number of aryl methyl sites for hydroxylation is 1. The quantitative estimate of drug-likeness (QED) is 0.472. The van der Waals surface area contributed by atoms with Crippen molar-refractivity contribution in [2.75, 3.05) is 16.4 Å². The van der Waals surface area contributed by atoms with Crippen LogP contribution in [0.15, 0.2) is 46.8 Å². The first kappa shape index (κ1) is 20.9. The lowest BCUT2D eigenvalue weighted by Crippen LogP contribution is -2.24. The summed E-state index contributed by atoms with van der Waals surface area (Å²) >= 11 is 2.97. The number of carbonyl (C=O) groups is 2. The molecule has 30 heavy (non-hydrogen) atoms. The minimum Gasteiger partial charge on any atom is -0.326 e. The number of nitrogens with zero attached hydrogens (tertiary/aromatic N) is 1. The number of fused-ring (bicyclic) bond motifs is 1. The van der Waals surface area contributed by atoms with Crippen LogP contribution in [-0.4, -0.2) is 22.6 Å². The molecule has 156 valence electrons. The molecular formula is C23H25N3O2S2. The van der Waals surface area contributed by atoms with E-state index in [-0.39, 0.29) is 17.7 Å². The number of thioether (sulfide) groups is 1. The molecule has 1 aliphatic rings. The molecule has 7 heteroatoms. The predicted octanol–water partition coefficient (Wildman–Crippen LogP) is 5.85. The van der Waals surface area contributed by atoms with Crippen LogP contribution in [0.2, 0.25) is 0 Å². The molecule has 1 aliphatic carbocycles. The molecule has 2 amide bonds. The van der Waals surface area contributed by atoms with Crippen LogP contribution >= 0.6 is 23.1 Å². The van der Waals surface area contributed by atoms with Crippen molar-refractivity contribution in [2.45, 2.75) is 43.4 Å². The van der Waals surface area contributed by atoms with E-state index in [2.05, 4.69) is 15.6 Å². The van der Waals surface area contributed by atoms with Gasteiger partial charge in [0.25, 0.3) is 0 Å². The molecule has 0 spiro atoms. The molecular weight excluding hydrogens is 414 g/mol. The van der Waals surface area contributed by atoms with E-state index >= 15 is 0 Å². The summed E-state index contributed by atoms with van der Waals surface area (Å²) in [5.74, 6) is 0.512. The highest BCUT2D eigenvalue weighted by atomic mass is 32.2. The summed E-state index contributed by atoms with van der Waals surface area (Å²) in [6.07, 6.45) is 5.49. The van der Waals surface area contributed by atoms with Gasteiger partial charge in [-0.15, -0.1) is 11.3 Å². The molecule has 3 aromatic rings. The van der Waals surface area contributed by atoms with Gasteiger partial charge in [-0.25, -0.2) is 4.98 Å². The fourth-order valence-electron chi connectivity index (χ4n) is 3.61. The maximum atomic E-state index is 12.5. The number of hydrogen-bond donors (Lipinski definition) is 2. The Morgan fingerprint density at radius 1 is 1.03 bits per heavy atom. The first-order valence-corrected chi connectivity index (χ1v) is 12.1. The molecule has 0 radical (unpaired) electrons. The molecule has 0 atom stereocenters. The molecule has 2 N–H and O–H groups in total. The summed E-state index contributed by atoms with van der Waals surface area (Å²) in [6.45, 7) is 2.02. The van der Waals surface area contributed by atoms with E-state index in [9.17, 15) is 9.59 Å². The lowest BCUT2D eigenvalue weighted by atomic mass is 9.88. The van der Waals surface area contributed by atoms with E-state index in [1.807, 2.05) is 49.4 Å². The molecule has 0 unspecified atom stereocenters. The molecule has 1 heterocycles. The highest BCUT2D eigenvalue weighted by Gasteiger charge is 2.21. The minimum atomic E-state index is -0.0523. The average molecular weight is 440 g/mol. The van der Waals surface area contributed by atoms with Gasteiger partial charge < -0.3 is 10.6 Å². The summed E-state index contributed by atoms with van der Waals surface area (Å²) in [6, 6.07) is 13.6. The summed E-state index contributed by atoms with van der Waals surface area (Å²) < 4.78 is 1.86. The molecule has 4 rings (SSSR count). The Kier molecular flexibility index (Phi) is 6.69. The molecule has 0 aliphatic heterocycles. The van der Waals surface area contributed by atoms with Gasteiger partial charge in [0.2, 0.25) is 11.8 Å². The van der Waals surface area contributed by atoms with Crippen LogP contribution in [0.4, 0.5) is 11.4 Å². The van der Waals surface area contributed by atoms with Gasteiger partial charge in [0, 0.05) is 17.3 Å². The van der Waals surface area contributed by atoms with E-state index in [0.717, 1.165) is 57.2 Å². The molecule has 0 bridgehead atoms. The fraction of sp³-hybridized carbons (Fsp3) is 0.348. The summed E-state index contributed by atoms with van der Waals surface area (Å²) in [5.41, 5.74) is 3.66. The van der Waals surface area contributed by atoms with Gasteiger partial charge >= 0.3 is 0 Å². The van der Waals surface area contributed by atoms with Crippen LogP contribution in [-0.2, 0) is 9.59 Å². The largest absolute Gasteiger partial charge is 0.326 e. The Morgan fingerprint density at radius 2 is 1.77 bits per heavy atom. The molecule has 0 saturated heterocycles. The van der Waals surface area contributed by atoms with Crippen molar-refractivity contribution in [2.24, 2.45) is 5.92 Å². The number of anilines is 2. The topological polar surface area (TPSA) is 71.1 Å². The van der Waals surface area contributed by atoms with Crippen LogP contribution in [0.25, 0.3) is 10.2 Å². The molecule has 1 aromatic heterocycles. The van der Waals surface area contributed by atoms with Crippen LogP contribution in [0, 0.1) is 12.8 Å². The number of hydrogen-bond acceptors (Lipinski definition) is 5. The normalized spacial score (nSPS) is 14.6. The van der Waals surface area contributed by atoms with Crippen LogP contribution in [0.1, 0.15) is 37.7 Å². The lowest BCUT2D eigenvalue weighted by Gasteiger charge is -2.20. The van der Waals surface area contributed by atoms with Gasteiger partial charge in [-0.05, 0) is 50.1 Å². The second kappa shape index (κ2) is 9.62. The van der Waals surface area contributed by atoms with Crippen LogP contribution in [0.3, 0.4) is 0 Å². The maximum Gasteiger partial charge on any atom is 0.234 e. The monoisotopic (exact) mass is 439 g/mol. The Labute approximate surface area is 184 Å². The highest BCUT2D eigenvalue weighted by molar-refractivity contribution is 8.01. The number of carbonyl (C=O) groups excluding carboxylic acids is 2. The van der Waals surface area contributed by atoms with E-state index < -0.39 is 0 Å². The Hall–Kier alpha value is -2.38. The van der Waals surface area contributed by atoms with Gasteiger partial charge in [0.05, 0.1) is 16.0 Å². The molecule has 2 aromatic carbocycles. The van der Waals surface area contributed by atoms with Crippen LogP contribution < -0.4 is 10.6 Å². The lowest BCUT2D eigenvalue weighted by molar-refractivity contribution is -0.120. The number of benzene rings is 2. The summed E-state index contributed by atoms with van der Waals surface area (Å²) in [5, 5.41) is 5.97. The van der Waals surface area contributed by atoms with Gasteiger partial charge in [0.1, 0.15) is 0 Å². The Balaban J connectivity index is 1.34. The third kappa shape index (κ3) is 5.40. The number of rotatable bonds is 6. The molecule has 5 nitrogen and oxygen atoms in total. The van der Waals surface area contributed by atoms with Gasteiger partial charge in [0.15, 0.2) is 4.34 Å². The standard InChI is InChI=1S/C23H25N3O2S2/c1-15-7-9-17(10-8-15)24-21(27)14-29-23-26-19-12-11-18(13-20(19)30-23)25-22(28)16-5-3-2-4-6-16/h7-13,16H,2-6,14H2,1H3,(H,24,27)(H,25,28). The zero-order valence-electron chi connectivity index (χ0n) is 16.9. The third-order valence-corrected chi connectivity index (χ3v) is 7.44. The summed E-state index contributed by atoms with van der Waals surface area (Å²) in [7, 11) is 0. The fourth-order valence-corrected chi connectivity index (χ4v) is 5.52. The van der Waals surface area contributed by atoms with E-state index in [1.54, 1.807) is 11.3 Å². The van der Waals surface area contributed by atoms with E-state index in [1.165, 1.54) is 18.2 Å². The van der Waals surface area contributed by atoms with Gasteiger partial charge in [-0.2, -0.15) is 0 Å².